The molecule has 0 atom stereocenters. The first-order valence-corrected chi connectivity index (χ1v) is 10.8. The van der Waals surface area contributed by atoms with Gasteiger partial charge >= 0.3 is 0 Å². The van der Waals surface area contributed by atoms with Crippen LogP contribution in [-0.2, 0) is 17.9 Å². The van der Waals surface area contributed by atoms with Crippen molar-refractivity contribution in [1.29, 1.82) is 0 Å². The highest BCUT2D eigenvalue weighted by Gasteiger charge is 2.14. The van der Waals surface area contributed by atoms with Crippen molar-refractivity contribution in [3.63, 3.8) is 0 Å². The van der Waals surface area contributed by atoms with Gasteiger partial charge in [0.1, 0.15) is 0 Å². The average molecular weight is 444 g/mol. The van der Waals surface area contributed by atoms with Gasteiger partial charge in [-0.15, -0.1) is 10.2 Å². The minimum absolute atomic E-state index is 0.165. The quantitative estimate of drug-likeness (QED) is 0.515. The van der Waals surface area contributed by atoms with Gasteiger partial charge < -0.3 is 15.2 Å². The number of carbonyl (C=O) groups is 2. The SMILES string of the molecule is CCn1c(CNC(=O)c2cccc(C)c2)nnc1SCC(=O)Nc1cccc(Cl)c1. The van der Waals surface area contributed by atoms with Crippen LogP contribution in [0.25, 0.3) is 0 Å². The van der Waals surface area contributed by atoms with Crippen LogP contribution >= 0.6 is 23.4 Å². The molecule has 0 fully saturated rings. The predicted octanol–water partition coefficient (Wildman–Crippen LogP) is 3.92. The summed E-state index contributed by atoms with van der Waals surface area (Å²) in [6.45, 7) is 4.78. The van der Waals surface area contributed by atoms with E-state index in [1.54, 1.807) is 30.3 Å². The molecule has 3 rings (SSSR count). The average Bonchev–Trinajstić information content (AvgIpc) is 3.12. The Morgan fingerprint density at radius 3 is 2.67 bits per heavy atom. The first kappa shape index (κ1) is 21.9. The summed E-state index contributed by atoms with van der Waals surface area (Å²) < 4.78 is 1.88. The Morgan fingerprint density at radius 1 is 1.13 bits per heavy atom. The summed E-state index contributed by atoms with van der Waals surface area (Å²) >= 11 is 7.22. The van der Waals surface area contributed by atoms with Crippen molar-refractivity contribution >= 4 is 40.9 Å². The van der Waals surface area contributed by atoms with Crippen LogP contribution < -0.4 is 10.6 Å². The second kappa shape index (κ2) is 10.3. The standard InChI is InChI=1S/C21H22ClN5O2S/c1-3-27-18(12-23-20(29)15-7-4-6-14(2)10-15)25-26-21(27)30-13-19(28)24-17-9-5-8-16(22)11-17/h4-11H,3,12-13H2,1-2H3,(H,23,29)(H,24,28). The minimum atomic E-state index is -0.167. The Bertz CT molecular complexity index is 1050. The predicted molar refractivity (Wildman–Crippen MR) is 119 cm³/mol. The van der Waals surface area contributed by atoms with Gasteiger partial charge in [-0.2, -0.15) is 0 Å². The molecule has 0 saturated heterocycles. The molecule has 1 aromatic heterocycles. The van der Waals surface area contributed by atoms with E-state index in [1.807, 2.05) is 36.6 Å². The second-order valence-corrected chi connectivity index (χ2v) is 7.92. The van der Waals surface area contributed by atoms with E-state index in [2.05, 4.69) is 20.8 Å². The first-order valence-electron chi connectivity index (χ1n) is 9.41. The molecule has 9 heteroatoms. The third-order valence-corrected chi connectivity index (χ3v) is 5.44. The molecule has 156 valence electrons. The largest absolute Gasteiger partial charge is 0.345 e. The van der Waals surface area contributed by atoms with Crippen molar-refractivity contribution in [3.8, 4) is 0 Å². The molecule has 30 heavy (non-hydrogen) atoms. The van der Waals surface area contributed by atoms with E-state index < -0.39 is 0 Å². The fourth-order valence-electron chi connectivity index (χ4n) is 2.82. The molecule has 0 spiro atoms. The van der Waals surface area contributed by atoms with E-state index in [0.717, 1.165) is 5.56 Å². The van der Waals surface area contributed by atoms with Crippen molar-refractivity contribution in [2.24, 2.45) is 0 Å². The summed E-state index contributed by atoms with van der Waals surface area (Å²) in [5.74, 6) is 0.484. The lowest BCUT2D eigenvalue weighted by Gasteiger charge is -2.09. The number of hydrogen-bond acceptors (Lipinski definition) is 5. The van der Waals surface area contributed by atoms with Crippen LogP contribution in [0.1, 0.15) is 28.7 Å². The van der Waals surface area contributed by atoms with Crippen molar-refractivity contribution < 1.29 is 9.59 Å². The van der Waals surface area contributed by atoms with E-state index in [4.69, 9.17) is 11.6 Å². The van der Waals surface area contributed by atoms with Crippen molar-refractivity contribution in [3.05, 3.63) is 70.5 Å². The molecule has 0 saturated carbocycles. The Morgan fingerprint density at radius 2 is 1.93 bits per heavy atom. The van der Waals surface area contributed by atoms with Crippen LogP contribution in [0.5, 0.6) is 0 Å². The highest BCUT2D eigenvalue weighted by Crippen LogP contribution is 2.19. The fourth-order valence-corrected chi connectivity index (χ4v) is 3.83. The lowest BCUT2D eigenvalue weighted by molar-refractivity contribution is -0.113. The maximum absolute atomic E-state index is 12.4. The molecule has 0 bridgehead atoms. The smallest absolute Gasteiger partial charge is 0.251 e. The van der Waals surface area contributed by atoms with Gasteiger partial charge in [-0.1, -0.05) is 47.1 Å². The first-order chi connectivity index (χ1) is 14.5. The normalized spacial score (nSPS) is 10.6. The molecule has 3 aromatic rings. The maximum atomic E-state index is 12.4. The number of nitrogens with zero attached hydrogens (tertiary/aromatic N) is 3. The maximum Gasteiger partial charge on any atom is 0.251 e. The zero-order valence-corrected chi connectivity index (χ0v) is 18.3. The topological polar surface area (TPSA) is 88.9 Å². The lowest BCUT2D eigenvalue weighted by Crippen LogP contribution is -2.25. The Hall–Kier alpha value is -2.84. The molecule has 0 unspecified atom stereocenters. The molecule has 0 aliphatic heterocycles. The van der Waals surface area contributed by atoms with Crippen molar-refractivity contribution in [2.75, 3.05) is 11.1 Å². The van der Waals surface area contributed by atoms with E-state index in [1.165, 1.54) is 11.8 Å². The van der Waals surface area contributed by atoms with Gasteiger partial charge in [0, 0.05) is 22.8 Å². The summed E-state index contributed by atoms with van der Waals surface area (Å²) in [7, 11) is 0. The van der Waals surface area contributed by atoms with E-state index in [-0.39, 0.29) is 24.1 Å². The third-order valence-electron chi connectivity index (χ3n) is 4.24. The number of carbonyl (C=O) groups excluding carboxylic acids is 2. The molecule has 2 aromatic carbocycles. The zero-order chi connectivity index (χ0) is 21.5. The second-order valence-electron chi connectivity index (χ2n) is 6.54. The highest BCUT2D eigenvalue weighted by molar-refractivity contribution is 7.99. The summed E-state index contributed by atoms with van der Waals surface area (Å²) in [5.41, 5.74) is 2.27. The number of aryl methyl sites for hydroxylation is 1. The van der Waals surface area contributed by atoms with Crippen LogP contribution in [0.4, 0.5) is 5.69 Å². The van der Waals surface area contributed by atoms with Gasteiger partial charge in [0.2, 0.25) is 5.91 Å². The molecular weight excluding hydrogens is 422 g/mol. The van der Waals surface area contributed by atoms with Crippen LogP contribution in [0, 0.1) is 6.92 Å². The Kier molecular flexibility index (Phi) is 7.48. The number of benzene rings is 2. The van der Waals surface area contributed by atoms with Crippen molar-refractivity contribution in [1.82, 2.24) is 20.1 Å². The number of aromatic nitrogens is 3. The molecule has 1 heterocycles. The number of hydrogen-bond donors (Lipinski definition) is 2. The molecule has 0 aliphatic carbocycles. The van der Waals surface area contributed by atoms with Gasteiger partial charge in [-0.3, -0.25) is 9.59 Å². The summed E-state index contributed by atoms with van der Waals surface area (Å²) in [6.07, 6.45) is 0. The van der Waals surface area contributed by atoms with Crippen LogP contribution in [0.3, 0.4) is 0 Å². The summed E-state index contributed by atoms with van der Waals surface area (Å²) in [4.78, 5) is 24.6. The molecule has 0 aliphatic rings. The van der Waals surface area contributed by atoms with Gasteiger partial charge in [0.15, 0.2) is 11.0 Å². The van der Waals surface area contributed by atoms with Crippen molar-refractivity contribution in [2.45, 2.75) is 32.1 Å². The Balaban J connectivity index is 1.57. The number of anilines is 1. The van der Waals surface area contributed by atoms with E-state index in [9.17, 15) is 9.59 Å². The summed E-state index contributed by atoms with van der Waals surface area (Å²) in [6, 6.07) is 14.4. The number of amides is 2. The molecule has 2 amide bonds. The van der Waals surface area contributed by atoms with E-state index >= 15 is 0 Å². The third kappa shape index (κ3) is 5.84. The van der Waals surface area contributed by atoms with Crippen LogP contribution in [0.2, 0.25) is 5.02 Å². The highest BCUT2D eigenvalue weighted by atomic mass is 35.5. The van der Waals surface area contributed by atoms with Gasteiger partial charge in [0.25, 0.3) is 5.91 Å². The lowest BCUT2D eigenvalue weighted by atomic mass is 10.1. The molecule has 7 nitrogen and oxygen atoms in total. The number of thioether (sulfide) groups is 1. The molecular formula is C21H22ClN5O2S. The zero-order valence-electron chi connectivity index (χ0n) is 16.7. The van der Waals surface area contributed by atoms with Crippen LogP contribution in [-0.4, -0.2) is 32.3 Å². The number of nitrogens with one attached hydrogen (secondary N) is 2. The fraction of sp³-hybridized carbons (Fsp3) is 0.238. The monoisotopic (exact) mass is 443 g/mol. The molecule has 2 N–H and O–H groups in total. The summed E-state index contributed by atoms with van der Waals surface area (Å²) in [5, 5.41) is 15.2. The van der Waals surface area contributed by atoms with Gasteiger partial charge in [0.05, 0.1) is 12.3 Å². The van der Waals surface area contributed by atoms with Crippen LogP contribution in [0.15, 0.2) is 53.7 Å². The Labute approximate surface area is 184 Å². The van der Waals surface area contributed by atoms with Gasteiger partial charge in [-0.25, -0.2) is 0 Å². The minimum Gasteiger partial charge on any atom is -0.345 e. The number of halogens is 1. The molecule has 0 radical (unpaired) electrons. The van der Waals surface area contributed by atoms with Gasteiger partial charge in [-0.05, 0) is 44.2 Å². The number of rotatable bonds is 8. The van der Waals surface area contributed by atoms with E-state index in [0.29, 0.717) is 33.8 Å².